The van der Waals surface area contributed by atoms with E-state index >= 15 is 0 Å². The van der Waals surface area contributed by atoms with Gasteiger partial charge in [0.05, 0.1) is 4.92 Å². The van der Waals surface area contributed by atoms with E-state index in [2.05, 4.69) is 10.6 Å². The Balaban J connectivity index is 2.42. The minimum Gasteiger partial charge on any atom is -0.372 e. The first-order valence-corrected chi connectivity index (χ1v) is 5.81. The molecule has 1 aliphatic heterocycles. The van der Waals surface area contributed by atoms with E-state index in [1.165, 1.54) is 11.8 Å². The van der Waals surface area contributed by atoms with Crippen molar-refractivity contribution in [1.29, 1.82) is 0 Å². The lowest BCUT2D eigenvalue weighted by atomic mass is 10.1. The van der Waals surface area contributed by atoms with Crippen LogP contribution in [-0.2, 0) is 0 Å². The van der Waals surface area contributed by atoms with Gasteiger partial charge in [-0.05, 0) is 32.2 Å². The van der Waals surface area contributed by atoms with Crippen molar-refractivity contribution in [2.24, 2.45) is 0 Å². The van der Waals surface area contributed by atoms with Crippen molar-refractivity contribution in [1.82, 2.24) is 10.6 Å². The van der Waals surface area contributed by atoms with Gasteiger partial charge in [-0.1, -0.05) is 0 Å². The van der Waals surface area contributed by atoms with Crippen molar-refractivity contribution in [2.75, 3.05) is 19.3 Å². The molecule has 1 fully saturated rings. The zero-order valence-corrected chi connectivity index (χ0v) is 8.97. The van der Waals surface area contributed by atoms with Crippen molar-refractivity contribution in [2.45, 2.75) is 18.9 Å². The Morgan fingerprint density at radius 1 is 1.64 bits per heavy atom. The molecular formula is C8H15N3O2S. The molecule has 1 aliphatic rings. The normalized spacial score (nSPS) is 19.4. The van der Waals surface area contributed by atoms with Crippen molar-refractivity contribution in [3.8, 4) is 0 Å². The molecule has 0 aliphatic carbocycles. The molecule has 1 saturated heterocycles. The molecule has 80 valence electrons. The van der Waals surface area contributed by atoms with Gasteiger partial charge in [0.2, 0.25) is 0 Å². The van der Waals surface area contributed by atoms with Gasteiger partial charge in [-0.3, -0.25) is 10.1 Å². The molecular weight excluding hydrogens is 202 g/mol. The van der Waals surface area contributed by atoms with Gasteiger partial charge in [-0.25, -0.2) is 0 Å². The van der Waals surface area contributed by atoms with E-state index in [1.807, 2.05) is 6.26 Å². The second-order valence-electron chi connectivity index (χ2n) is 3.15. The number of piperidine rings is 1. The minimum absolute atomic E-state index is 0.370. The second kappa shape index (κ2) is 5.87. The average molecular weight is 217 g/mol. The van der Waals surface area contributed by atoms with Crippen LogP contribution in [0.2, 0.25) is 0 Å². The van der Waals surface area contributed by atoms with Crippen molar-refractivity contribution < 1.29 is 4.92 Å². The number of nitrogens with zero attached hydrogens (tertiary/aromatic N) is 1. The van der Waals surface area contributed by atoms with Crippen LogP contribution < -0.4 is 10.6 Å². The zero-order valence-electron chi connectivity index (χ0n) is 8.16. The fraction of sp³-hybridized carbons (Fsp3) is 0.750. The summed E-state index contributed by atoms with van der Waals surface area (Å²) in [5.74, 6) is 0. The maximum Gasteiger partial charge on any atom is 0.263 e. The highest BCUT2D eigenvalue weighted by Crippen LogP contribution is 2.12. The highest BCUT2D eigenvalue weighted by molar-refractivity contribution is 8.02. The summed E-state index contributed by atoms with van der Waals surface area (Å²) in [6, 6.07) is 0.370. The summed E-state index contributed by atoms with van der Waals surface area (Å²) in [5, 5.41) is 17.3. The largest absolute Gasteiger partial charge is 0.372 e. The molecule has 14 heavy (non-hydrogen) atoms. The van der Waals surface area contributed by atoms with E-state index in [0.717, 1.165) is 32.1 Å². The molecule has 0 radical (unpaired) electrons. The van der Waals surface area contributed by atoms with Crippen LogP contribution in [0.4, 0.5) is 0 Å². The number of thioether (sulfide) groups is 1. The van der Waals surface area contributed by atoms with Gasteiger partial charge in [-0.15, -0.1) is 11.8 Å². The highest BCUT2D eigenvalue weighted by Gasteiger charge is 2.14. The van der Waals surface area contributed by atoms with Crippen LogP contribution in [0.3, 0.4) is 0 Å². The summed E-state index contributed by atoms with van der Waals surface area (Å²) in [6.07, 6.45) is 4.92. The van der Waals surface area contributed by atoms with Gasteiger partial charge < -0.3 is 10.6 Å². The average Bonchev–Trinajstić information content (AvgIpc) is 2.17. The Bertz CT molecular complexity index is 227. The Morgan fingerprint density at radius 2 is 2.29 bits per heavy atom. The number of rotatable bonds is 4. The third-order valence-corrected chi connectivity index (χ3v) is 2.79. The molecule has 1 heterocycles. The first-order chi connectivity index (χ1) is 6.72. The predicted octanol–water partition coefficient (Wildman–Crippen LogP) is 0.767. The van der Waals surface area contributed by atoms with Gasteiger partial charge >= 0.3 is 0 Å². The van der Waals surface area contributed by atoms with E-state index in [0.29, 0.717) is 11.1 Å². The highest BCUT2D eigenvalue weighted by atomic mass is 32.2. The molecule has 0 atom stereocenters. The summed E-state index contributed by atoms with van der Waals surface area (Å²) >= 11 is 1.38. The summed E-state index contributed by atoms with van der Waals surface area (Å²) < 4.78 is 0. The Morgan fingerprint density at radius 3 is 2.79 bits per heavy atom. The van der Waals surface area contributed by atoms with Gasteiger partial charge in [-0.2, -0.15) is 0 Å². The Hall–Kier alpha value is -0.750. The van der Waals surface area contributed by atoms with Crippen LogP contribution in [0, 0.1) is 10.1 Å². The maximum absolute atomic E-state index is 10.3. The minimum atomic E-state index is -0.417. The van der Waals surface area contributed by atoms with Crippen molar-refractivity contribution >= 4 is 11.8 Å². The first kappa shape index (κ1) is 11.3. The van der Waals surface area contributed by atoms with Gasteiger partial charge in [0.15, 0.2) is 0 Å². The number of nitrogens with one attached hydrogen (secondary N) is 2. The van der Waals surface area contributed by atoms with E-state index in [1.54, 1.807) is 0 Å². The van der Waals surface area contributed by atoms with Crippen LogP contribution in [0.1, 0.15) is 12.8 Å². The molecule has 6 heteroatoms. The van der Waals surface area contributed by atoms with E-state index < -0.39 is 4.92 Å². The molecule has 0 unspecified atom stereocenters. The zero-order chi connectivity index (χ0) is 10.4. The molecule has 1 rings (SSSR count). The quantitative estimate of drug-likeness (QED) is 0.537. The van der Waals surface area contributed by atoms with E-state index in [-0.39, 0.29) is 0 Å². The Labute approximate surface area is 87.5 Å². The lowest BCUT2D eigenvalue weighted by Gasteiger charge is -2.24. The lowest BCUT2D eigenvalue weighted by Crippen LogP contribution is -2.39. The van der Waals surface area contributed by atoms with Crippen LogP contribution in [-0.4, -0.2) is 30.3 Å². The summed E-state index contributed by atoms with van der Waals surface area (Å²) in [5.41, 5.74) is 0. The predicted molar refractivity (Wildman–Crippen MR) is 57.6 cm³/mol. The van der Waals surface area contributed by atoms with Crippen LogP contribution in [0.25, 0.3) is 0 Å². The molecule has 2 N–H and O–H groups in total. The maximum atomic E-state index is 10.3. The summed E-state index contributed by atoms with van der Waals surface area (Å²) in [7, 11) is 0. The van der Waals surface area contributed by atoms with Gasteiger partial charge in [0, 0.05) is 6.04 Å². The number of hydrogen-bond donors (Lipinski definition) is 2. The van der Waals surface area contributed by atoms with Gasteiger partial charge in [0.1, 0.15) is 5.03 Å². The fourth-order valence-electron chi connectivity index (χ4n) is 1.41. The second-order valence-corrected chi connectivity index (χ2v) is 4.00. The molecule has 0 bridgehead atoms. The molecule has 5 nitrogen and oxygen atoms in total. The number of nitro groups is 1. The molecule has 0 amide bonds. The fourth-order valence-corrected chi connectivity index (χ4v) is 1.89. The SMILES string of the molecule is CS/C(=C/[N+](=O)[O-])NC1CCNCC1. The van der Waals surface area contributed by atoms with Crippen molar-refractivity contribution in [3.63, 3.8) is 0 Å². The standard InChI is InChI=1S/C8H15N3O2S/c1-14-8(6-11(12)13)10-7-2-4-9-5-3-7/h6-7,9-10H,2-5H2,1H3/b8-6+. The van der Waals surface area contributed by atoms with Crippen LogP contribution in [0.15, 0.2) is 11.2 Å². The topological polar surface area (TPSA) is 67.2 Å². The summed E-state index contributed by atoms with van der Waals surface area (Å²) in [6.45, 7) is 1.97. The van der Waals surface area contributed by atoms with E-state index in [9.17, 15) is 10.1 Å². The Kier molecular flexibility index (Phi) is 4.75. The van der Waals surface area contributed by atoms with Gasteiger partial charge in [0.25, 0.3) is 6.20 Å². The molecule has 0 saturated carbocycles. The lowest BCUT2D eigenvalue weighted by molar-refractivity contribution is -0.403. The van der Waals surface area contributed by atoms with Crippen LogP contribution in [0.5, 0.6) is 0 Å². The van der Waals surface area contributed by atoms with Crippen molar-refractivity contribution in [3.05, 3.63) is 21.3 Å². The third kappa shape index (κ3) is 3.97. The summed E-state index contributed by atoms with van der Waals surface area (Å²) in [4.78, 5) is 9.86. The third-order valence-electron chi connectivity index (χ3n) is 2.13. The molecule has 0 aromatic carbocycles. The first-order valence-electron chi connectivity index (χ1n) is 4.59. The van der Waals surface area contributed by atoms with E-state index in [4.69, 9.17) is 0 Å². The molecule has 0 aromatic rings. The van der Waals surface area contributed by atoms with Crippen LogP contribution >= 0.6 is 11.8 Å². The smallest absolute Gasteiger partial charge is 0.263 e. The molecule has 0 aromatic heterocycles. The number of hydrogen-bond acceptors (Lipinski definition) is 5. The molecule has 0 spiro atoms. The monoisotopic (exact) mass is 217 g/mol.